The fourth-order valence-corrected chi connectivity index (χ4v) is 5.01. The van der Waals surface area contributed by atoms with E-state index in [1.807, 2.05) is 0 Å². The van der Waals surface area contributed by atoms with Crippen LogP contribution >= 0.6 is 35.6 Å². The van der Waals surface area contributed by atoms with E-state index >= 15 is 0 Å². The van der Waals surface area contributed by atoms with E-state index in [4.69, 9.17) is 29.6 Å². The van der Waals surface area contributed by atoms with E-state index < -0.39 is 10.0 Å². The van der Waals surface area contributed by atoms with Gasteiger partial charge in [-0.2, -0.15) is 16.1 Å². The predicted molar refractivity (Wildman–Crippen MR) is 83.4 cm³/mol. The second-order valence-corrected chi connectivity index (χ2v) is 8.00. The van der Waals surface area contributed by atoms with E-state index in [2.05, 4.69) is 0 Å². The molecule has 0 amide bonds. The highest BCUT2D eigenvalue weighted by Gasteiger charge is 2.28. The standard InChI is InChI=1S/C11H13ClN2O2S3/c12-9-7-8(11(13)17)1-2-10(9)19(15,16)14-3-5-18-6-4-14/h1-2,7H,3-6H2,(H2,13,17). The van der Waals surface area contributed by atoms with E-state index in [1.54, 1.807) is 17.8 Å². The molecule has 0 aliphatic carbocycles. The van der Waals surface area contributed by atoms with Gasteiger partial charge in [0.25, 0.3) is 0 Å². The first kappa shape index (κ1) is 15.1. The molecule has 1 aliphatic heterocycles. The highest BCUT2D eigenvalue weighted by molar-refractivity contribution is 7.99. The molecule has 2 rings (SSSR count). The summed E-state index contributed by atoms with van der Waals surface area (Å²) in [7, 11) is -3.53. The number of rotatable bonds is 3. The van der Waals surface area contributed by atoms with Crippen molar-refractivity contribution in [3.05, 3.63) is 28.8 Å². The SMILES string of the molecule is NC(=S)c1ccc(S(=O)(=O)N2CCSCC2)c(Cl)c1. The van der Waals surface area contributed by atoms with Crippen LogP contribution in [0.25, 0.3) is 0 Å². The third kappa shape index (κ3) is 3.22. The normalized spacial score (nSPS) is 17.3. The molecule has 1 aliphatic rings. The number of hydrogen-bond donors (Lipinski definition) is 1. The Kier molecular flexibility index (Phi) is 4.73. The first-order chi connectivity index (χ1) is 8.93. The summed E-state index contributed by atoms with van der Waals surface area (Å²) in [6.45, 7) is 1.03. The van der Waals surface area contributed by atoms with Gasteiger partial charge in [0.1, 0.15) is 9.88 Å². The monoisotopic (exact) mass is 336 g/mol. The zero-order valence-electron chi connectivity index (χ0n) is 10.0. The molecule has 0 bridgehead atoms. The maximum absolute atomic E-state index is 12.5. The van der Waals surface area contributed by atoms with Gasteiger partial charge in [-0.15, -0.1) is 0 Å². The molecule has 0 aromatic heterocycles. The van der Waals surface area contributed by atoms with Gasteiger partial charge in [-0.25, -0.2) is 8.42 Å². The summed E-state index contributed by atoms with van der Waals surface area (Å²) in [6, 6.07) is 4.54. The van der Waals surface area contributed by atoms with Crippen LogP contribution in [-0.2, 0) is 10.0 Å². The Bertz CT molecular complexity index is 598. The van der Waals surface area contributed by atoms with Crippen LogP contribution in [0.4, 0.5) is 0 Å². The Morgan fingerprint density at radius 1 is 1.37 bits per heavy atom. The van der Waals surface area contributed by atoms with Crippen LogP contribution in [0.1, 0.15) is 5.56 Å². The van der Waals surface area contributed by atoms with Gasteiger partial charge in [0.15, 0.2) is 0 Å². The summed E-state index contributed by atoms with van der Waals surface area (Å²) in [6.07, 6.45) is 0. The number of thiocarbonyl (C=S) groups is 1. The molecule has 0 saturated carbocycles. The molecule has 2 N–H and O–H groups in total. The van der Waals surface area contributed by atoms with E-state index in [0.717, 1.165) is 11.5 Å². The summed E-state index contributed by atoms with van der Waals surface area (Å²) in [4.78, 5) is 0.307. The molecular formula is C11H13ClN2O2S3. The van der Waals surface area contributed by atoms with Crippen LogP contribution in [0, 0.1) is 0 Å². The van der Waals surface area contributed by atoms with Gasteiger partial charge in [-0.1, -0.05) is 29.9 Å². The van der Waals surface area contributed by atoms with Crippen LogP contribution in [-0.4, -0.2) is 42.3 Å². The molecule has 0 atom stereocenters. The maximum Gasteiger partial charge on any atom is 0.244 e. The lowest BCUT2D eigenvalue weighted by molar-refractivity contribution is 0.443. The number of thioether (sulfide) groups is 1. The Balaban J connectivity index is 2.37. The van der Waals surface area contributed by atoms with Crippen molar-refractivity contribution in [3.8, 4) is 0 Å². The third-order valence-electron chi connectivity index (χ3n) is 2.80. The number of nitrogens with two attached hydrogens (primary N) is 1. The molecule has 4 nitrogen and oxygen atoms in total. The highest BCUT2D eigenvalue weighted by Crippen LogP contribution is 2.27. The topological polar surface area (TPSA) is 63.4 Å². The minimum absolute atomic E-state index is 0.112. The van der Waals surface area contributed by atoms with Crippen molar-refractivity contribution in [2.75, 3.05) is 24.6 Å². The van der Waals surface area contributed by atoms with Gasteiger partial charge in [0.05, 0.1) is 5.02 Å². The average molecular weight is 337 g/mol. The summed E-state index contributed by atoms with van der Waals surface area (Å²) >= 11 is 12.6. The van der Waals surface area contributed by atoms with Gasteiger partial charge in [-0.05, 0) is 12.1 Å². The second-order valence-electron chi connectivity index (χ2n) is 4.03. The van der Waals surface area contributed by atoms with Crippen molar-refractivity contribution in [1.29, 1.82) is 0 Å². The summed E-state index contributed by atoms with van der Waals surface area (Å²) in [5.74, 6) is 1.61. The number of halogens is 1. The van der Waals surface area contributed by atoms with Crippen LogP contribution < -0.4 is 5.73 Å². The zero-order valence-corrected chi connectivity index (χ0v) is 13.2. The van der Waals surface area contributed by atoms with E-state index in [1.165, 1.54) is 16.4 Å². The summed E-state index contributed by atoms with van der Waals surface area (Å²) in [5, 5.41) is 0.156. The van der Waals surface area contributed by atoms with Gasteiger partial charge in [0, 0.05) is 30.2 Å². The minimum atomic E-state index is -3.53. The lowest BCUT2D eigenvalue weighted by atomic mass is 10.2. The van der Waals surface area contributed by atoms with Gasteiger partial charge in [-0.3, -0.25) is 0 Å². The maximum atomic E-state index is 12.5. The van der Waals surface area contributed by atoms with E-state index in [-0.39, 0.29) is 14.9 Å². The second kappa shape index (κ2) is 5.97. The number of hydrogen-bond acceptors (Lipinski definition) is 4. The fraction of sp³-hybridized carbons (Fsp3) is 0.364. The third-order valence-corrected chi connectivity index (χ3v) is 6.36. The van der Waals surface area contributed by atoms with E-state index in [0.29, 0.717) is 18.7 Å². The first-order valence-electron chi connectivity index (χ1n) is 5.60. The molecule has 0 unspecified atom stereocenters. The Morgan fingerprint density at radius 2 is 2.00 bits per heavy atom. The van der Waals surface area contributed by atoms with Crippen molar-refractivity contribution in [2.24, 2.45) is 5.73 Å². The highest BCUT2D eigenvalue weighted by atomic mass is 35.5. The molecule has 104 valence electrons. The van der Waals surface area contributed by atoms with Crippen LogP contribution in [0.5, 0.6) is 0 Å². The Hall–Kier alpha value is -0.340. The van der Waals surface area contributed by atoms with Crippen LogP contribution in [0.15, 0.2) is 23.1 Å². The largest absolute Gasteiger partial charge is 0.389 e. The summed E-state index contributed by atoms with van der Waals surface area (Å²) < 4.78 is 26.4. The Labute approximate surface area is 127 Å². The molecule has 1 heterocycles. The predicted octanol–water partition coefficient (Wildman–Crippen LogP) is 1.71. The minimum Gasteiger partial charge on any atom is -0.389 e. The molecule has 0 radical (unpaired) electrons. The molecule has 8 heteroatoms. The molecular weight excluding hydrogens is 324 g/mol. The van der Waals surface area contributed by atoms with Crippen molar-refractivity contribution in [3.63, 3.8) is 0 Å². The average Bonchev–Trinajstić information content (AvgIpc) is 2.39. The smallest absolute Gasteiger partial charge is 0.244 e. The lowest BCUT2D eigenvalue weighted by Gasteiger charge is -2.26. The van der Waals surface area contributed by atoms with E-state index in [9.17, 15) is 8.42 Å². The molecule has 1 saturated heterocycles. The van der Waals surface area contributed by atoms with Gasteiger partial charge >= 0.3 is 0 Å². The molecule has 1 aromatic rings. The number of nitrogens with zero attached hydrogens (tertiary/aromatic N) is 1. The van der Waals surface area contributed by atoms with Crippen molar-refractivity contribution in [2.45, 2.75) is 4.90 Å². The van der Waals surface area contributed by atoms with Crippen molar-refractivity contribution >= 4 is 50.6 Å². The number of sulfonamides is 1. The van der Waals surface area contributed by atoms with Gasteiger partial charge in [0.2, 0.25) is 10.0 Å². The zero-order chi connectivity index (χ0) is 14.0. The molecule has 19 heavy (non-hydrogen) atoms. The first-order valence-corrected chi connectivity index (χ1v) is 8.98. The molecule has 0 spiro atoms. The molecule has 1 aromatic carbocycles. The quantitative estimate of drug-likeness (QED) is 0.851. The van der Waals surface area contributed by atoms with Gasteiger partial charge < -0.3 is 5.73 Å². The fourth-order valence-electron chi connectivity index (χ4n) is 1.79. The van der Waals surface area contributed by atoms with Crippen molar-refractivity contribution < 1.29 is 8.42 Å². The van der Waals surface area contributed by atoms with Crippen LogP contribution in [0.3, 0.4) is 0 Å². The molecule has 1 fully saturated rings. The van der Waals surface area contributed by atoms with Crippen LogP contribution in [0.2, 0.25) is 5.02 Å². The summed E-state index contributed by atoms with van der Waals surface area (Å²) in [5.41, 5.74) is 6.06. The van der Waals surface area contributed by atoms with Crippen molar-refractivity contribution in [1.82, 2.24) is 4.31 Å². The lowest BCUT2D eigenvalue weighted by Crippen LogP contribution is -2.38. The number of benzene rings is 1. The Morgan fingerprint density at radius 3 is 2.53 bits per heavy atom.